The highest BCUT2D eigenvalue weighted by Gasteiger charge is 2.14. The van der Waals surface area contributed by atoms with Gasteiger partial charge in [-0.3, -0.25) is 14.7 Å². The first kappa shape index (κ1) is 32.1. The average molecular weight is 647 g/mol. The minimum absolute atomic E-state index is 0.0129. The molecule has 0 aliphatic carbocycles. The van der Waals surface area contributed by atoms with Crippen LogP contribution < -0.4 is 15.4 Å². The van der Waals surface area contributed by atoms with Crippen molar-refractivity contribution in [3.8, 4) is 21.9 Å². The predicted molar refractivity (Wildman–Crippen MR) is 179 cm³/mol. The van der Waals surface area contributed by atoms with E-state index >= 15 is 4.39 Å². The number of fused-ring (bicyclic) bond motifs is 1. The van der Waals surface area contributed by atoms with Gasteiger partial charge in [-0.2, -0.15) is 0 Å². The lowest BCUT2D eigenvalue weighted by molar-refractivity contribution is -0.119. The topological polar surface area (TPSA) is 75.7 Å². The van der Waals surface area contributed by atoms with Gasteiger partial charge >= 0.3 is 0 Å². The van der Waals surface area contributed by atoms with Gasteiger partial charge in [0.2, 0.25) is 5.91 Å². The van der Waals surface area contributed by atoms with Crippen LogP contribution >= 0.6 is 23.6 Å². The number of anilines is 1. The number of thiophene rings is 1. The smallest absolute Gasteiger partial charge is 0.230 e. The fourth-order valence-corrected chi connectivity index (χ4v) is 5.94. The molecule has 0 bridgehead atoms. The van der Waals surface area contributed by atoms with Gasteiger partial charge in [0.15, 0.2) is 16.7 Å². The number of nitrogens with one attached hydrogen (secondary N) is 2. The summed E-state index contributed by atoms with van der Waals surface area (Å²) in [5, 5.41) is 5.36. The summed E-state index contributed by atoms with van der Waals surface area (Å²) in [6, 6.07) is 22.1. The maximum atomic E-state index is 15.1. The molecule has 11 heteroatoms. The third kappa shape index (κ3) is 8.67. The molecule has 0 aliphatic rings. The van der Waals surface area contributed by atoms with Crippen molar-refractivity contribution in [3.63, 3.8) is 0 Å². The van der Waals surface area contributed by atoms with Crippen LogP contribution in [0.4, 0.5) is 14.5 Å². The van der Waals surface area contributed by atoms with Crippen molar-refractivity contribution in [1.82, 2.24) is 15.2 Å². The number of hydrogen-bond donors (Lipinski definition) is 2. The zero-order chi connectivity index (χ0) is 31.8. The molecule has 232 valence electrons. The molecule has 5 aromatic rings. The Kier molecular flexibility index (Phi) is 10.8. The Bertz CT molecular complexity index is 1780. The highest BCUT2D eigenvalue weighted by Crippen LogP contribution is 2.39. The molecule has 45 heavy (non-hydrogen) atoms. The largest absolute Gasteiger partial charge is 0.453 e. The summed E-state index contributed by atoms with van der Waals surface area (Å²) in [6.07, 6.45) is 1.66. The number of carbonyl (C=O) groups excluding carboxylic acids is 1. The van der Waals surface area contributed by atoms with E-state index in [1.165, 1.54) is 53.3 Å². The first-order valence-electron chi connectivity index (χ1n) is 14.3. The Morgan fingerprint density at radius 3 is 2.44 bits per heavy atom. The SMILES string of the molecule is CCN(CCOC)Cc1ccc(-c2cc3nccc(Oc4ccc(NC(=S)NC(=O)Cc5ccc(F)cc5)cc4F)c3s2)cc1. The number of likely N-dealkylation sites (N-methyl/N-ethyl adjacent to an activating group) is 1. The van der Waals surface area contributed by atoms with Gasteiger partial charge < -0.3 is 20.1 Å². The molecule has 0 fully saturated rings. The van der Waals surface area contributed by atoms with E-state index in [0.29, 0.717) is 23.6 Å². The van der Waals surface area contributed by atoms with E-state index in [-0.39, 0.29) is 29.0 Å². The van der Waals surface area contributed by atoms with Crippen molar-refractivity contribution >= 4 is 50.5 Å². The monoisotopic (exact) mass is 646 g/mol. The van der Waals surface area contributed by atoms with Gasteiger partial charge in [-0.1, -0.05) is 43.3 Å². The van der Waals surface area contributed by atoms with Crippen molar-refractivity contribution in [2.24, 2.45) is 0 Å². The molecule has 7 nitrogen and oxygen atoms in total. The molecule has 3 aromatic carbocycles. The summed E-state index contributed by atoms with van der Waals surface area (Å²) in [5.41, 5.74) is 4.03. The lowest BCUT2D eigenvalue weighted by Crippen LogP contribution is -2.35. The van der Waals surface area contributed by atoms with Gasteiger partial charge in [0.05, 0.1) is 23.2 Å². The van der Waals surface area contributed by atoms with E-state index in [9.17, 15) is 9.18 Å². The Morgan fingerprint density at radius 1 is 0.978 bits per heavy atom. The molecular formula is C34H32F2N4O3S2. The van der Waals surface area contributed by atoms with E-state index < -0.39 is 5.82 Å². The number of pyridine rings is 1. The highest BCUT2D eigenvalue weighted by molar-refractivity contribution is 7.80. The fraction of sp³-hybridized carbons (Fsp3) is 0.206. The number of ether oxygens (including phenoxy) is 2. The van der Waals surface area contributed by atoms with Gasteiger partial charge in [0.1, 0.15) is 11.6 Å². The first-order valence-corrected chi connectivity index (χ1v) is 15.6. The number of carbonyl (C=O) groups is 1. The van der Waals surface area contributed by atoms with Crippen molar-refractivity contribution in [2.75, 3.05) is 32.1 Å². The van der Waals surface area contributed by atoms with E-state index in [0.717, 1.165) is 40.3 Å². The number of rotatable bonds is 12. The summed E-state index contributed by atoms with van der Waals surface area (Å²) < 4.78 is 40.2. The molecule has 5 rings (SSSR count). The lowest BCUT2D eigenvalue weighted by atomic mass is 10.1. The number of methoxy groups -OCH3 is 1. The molecule has 1 amide bonds. The molecule has 0 aliphatic heterocycles. The molecular weight excluding hydrogens is 615 g/mol. The number of amides is 1. The van der Waals surface area contributed by atoms with Gasteiger partial charge in [0.25, 0.3) is 0 Å². The number of halogens is 2. The summed E-state index contributed by atoms with van der Waals surface area (Å²) in [7, 11) is 1.71. The molecule has 0 spiro atoms. The number of nitrogens with zero attached hydrogens (tertiary/aromatic N) is 2. The zero-order valence-electron chi connectivity index (χ0n) is 24.8. The van der Waals surface area contributed by atoms with Crippen LogP contribution in [0, 0.1) is 11.6 Å². The van der Waals surface area contributed by atoms with E-state index in [2.05, 4.69) is 51.7 Å². The molecule has 0 saturated heterocycles. The third-order valence-electron chi connectivity index (χ3n) is 7.02. The normalized spacial score (nSPS) is 11.1. The van der Waals surface area contributed by atoms with Gasteiger partial charge in [-0.05, 0) is 65.8 Å². The van der Waals surface area contributed by atoms with Gasteiger partial charge in [-0.25, -0.2) is 8.78 Å². The van der Waals surface area contributed by atoms with Crippen LogP contribution in [0.25, 0.3) is 20.7 Å². The van der Waals surface area contributed by atoms with Crippen molar-refractivity contribution in [3.05, 3.63) is 108 Å². The second-order valence-electron chi connectivity index (χ2n) is 10.2. The van der Waals surface area contributed by atoms with Crippen LogP contribution in [0.15, 0.2) is 85.1 Å². The number of benzene rings is 3. The van der Waals surface area contributed by atoms with Crippen LogP contribution in [-0.4, -0.2) is 47.7 Å². The van der Waals surface area contributed by atoms with Crippen molar-refractivity contribution in [1.29, 1.82) is 0 Å². The number of hydrogen-bond acceptors (Lipinski definition) is 7. The zero-order valence-corrected chi connectivity index (χ0v) is 26.4. The molecule has 0 radical (unpaired) electrons. The quantitative estimate of drug-likeness (QED) is 0.136. The van der Waals surface area contributed by atoms with E-state index in [4.69, 9.17) is 21.7 Å². The molecule has 2 heterocycles. The molecule has 0 unspecified atom stereocenters. The Balaban J connectivity index is 1.22. The Morgan fingerprint density at radius 2 is 1.73 bits per heavy atom. The molecule has 2 aromatic heterocycles. The maximum absolute atomic E-state index is 15.1. The van der Waals surface area contributed by atoms with Gasteiger partial charge in [-0.15, -0.1) is 11.3 Å². The minimum atomic E-state index is -0.607. The Hall–Kier alpha value is -4.29. The summed E-state index contributed by atoms with van der Waals surface area (Å²) in [6.45, 7) is 5.52. The fourth-order valence-electron chi connectivity index (χ4n) is 4.64. The predicted octanol–water partition coefficient (Wildman–Crippen LogP) is 7.56. The van der Waals surface area contributed by atoms with Crippen LogP contribution in [0.3, 0.4) is 0 Å². The van der Waals surface area contributed by atoms with Crippen LogP contribution in [0.5, 0.6) is 11.5 Å². The van der Waals surface area contributed by atoms with Crippen molar-refractivity contribution < 1.29 is 23.0 Å². The molecule has 0 saturated carbocycles. The minimum Gasteiger partial charge on any atom is -0.453 e. The third-order valence-corrected chi connectivity index (χ3v) is 8.41. The van der Waals surface area contributed by atoms with Crippen molar-refractivity contribution in [2.45, 2.75) is 19.9 Å². The summed E-state index contributed by atoms with van der Waals surface area (Å²) >= 11 is 6.73. The lowest BCUT2D eigenvalue weighted by Gasteiger charge is -2.20. The van der Waals surface area contributed by atoms with Gasteiger partial charge in [0, 0.05) is 49.1 Å². The second-order valence-corrected chi connectivity index (χ2v) is 11.7. The number of aromatic nitrogens is 1. The molecule has 0 atom stereocenters. The average Bonchev–Trinajstić information content (AvgIpc) is 3.47. The summed E-state index contributed by atoms with van der Waals surface area (Å²) in [4.78, 5) is 20.1. The summed E-state index contributed by atoms with van der Waals surface area (Å²) in [5.74, 6) is -0.840. The molecule has 2 N–H and O–H groups in total. The number of thiocarbonyl (C=S) groups is 1. The maximum Gasteiger partial charge on any atom is 0.230 e. The Labute approximate surface area is 269 Å². The van der Waals surface area contributed by atoms with E-state index in [1.54, 1.807) is 25.4 Å². The van der Waals surface area contributed by atoms with Crippen LogP contribution in [-0.2, 0) is 22.5 Å². The first-order chi connectivity index (χ1) is 21.8. The van der Waals surface area contributed by atoms with Crippen LogP contribution in [0.2, 0.25) is 0 Å². The van der Waals surface area contributed by atoms with E-state index in [1.807, 2.05) is 6.07 Å². The second kappa shape index (κ2) is 15.1. The standard InChI is InChI=1S/C34H32F2N4O3S2/c1-3-40(16-17-42-2)21-23-4-8-24(9-5-23)31-20-28-33(45-31)30(14-15-37-28)43-29-13-12-26(19-27(29)36)38-34(44)39-32(41)18-22-6-10-25(35)11-7-22/h4-15,19-20H,3,16-18,21H2,1-2H3,(H2,38,39,41,44). The van der Waals surface area contributed by atoms with Crippen LogP contribution in [0.1, 0.15) is 18.1 Å². The highest BCUT2D eigenvalue weighted by atomic mass is 32.1.